The van der Waals surface area contributed by atoms with Crippen molar-refractivity contribution in [2.75, 3.05) is 0 Å². The van der Waals surface area contributed by atoms with Crippen molar-refractivity contribution in [3.05, 3.63) is 0 Å². The molecule has 0 radical (unpaired) electrons. The maximum absolute atomic E-state index is 13.6. The standard InChI is InChI=1S/C8H12FNO3S/c1-3(11)7-6(12)4(9)5-8(13-7)14-2-10-5/h2-8,11-12H,1H3/t3-,4?,5?,6?,7?,8?/m1/s1. The topological polar surface area (TPSA) is 62.0 Å². The first-order valence-corrected chi connectivity index (χ1v) is 5.38. The van der Waals surface area contributed by atoms with Crippen LogP contribution in [0.2, 0.25) is 0 Å². The zero-order chi connectivity index (χ0) is 10.3. The first-order chi connectivity index (χ1) is 6.61. The lowest BCUT2D eigenvalue weighted by molar-refractivity contribution is -0.165. The number of aliphatic hydroxyl groups is 2. The van der Waals surface area contributed by atoms with Gasteiger partial charge in [-0.2, -0.15) is 0 Å². The highest BCUT2D eigenvalue weighted by Gasteiger charge is 2.48. The summed E-state index contributed by atoms with van der Waals surface area (Å²) in [5.41, 5.74) is 1.12. The van der Waals surface area contributed by atoms with E-state index in [4.69, 9.17) is 4.74 Å². The Morgan fingerprint density at radius 1 is 1.64 bits per heavy atom. The number of hydrogen-bond acceptors (Lipinski definition) is 5. The van der Waals surface area contributed by atoms with E-state index in [0.29, 0.717) is 0 Å². The van der Waals surface area contributed by atoms with Crippen molar-refractivity contribution in [1.82, 2.24) is 0 Å². The predicted molar refractivity (Wildman–Crippen MR) is 51.1 cm³/mol. The second kappa shape index (κ2) is 3.77. The molecule has 2 N–H and O–H groups in total. The summed E-state index contributed by atoms with van der Waals surface area (Å²) in [5, 5.41) is 18.8. The summed E-state index contributed by atoms with van der Waals surface area (Å²) in [5.74, 6) is 0. The van der Waals surface area contributed by atoms with Gasteiger partial charge in [-0.3, -0.25) is 4.99 Å². The third-order valence-electron chi connectivity index (χ3n) is 2.46. The van der Waals surface area contributed by atoms with E-state index >= 15 is 0 Å². The van der Waals surface area contributed by atoms with Crippen LogP contribution in [0.5, 0.6) is 0 Å². The zero-order valence-corrected chi connectivity index (χ0v) is 8.39. The van der Waals surface area contributed by atoms with Gasteiger partial charge in [-0.1, -0.05) is 11.8 Å². The molecule has 6 heteroatoms. The van der Waals surface area contributed by atoms with Crippen molar-refractivity contribution in [3.63, 3.8) is 0 Å². The average Bonchev–Trinajstić information content (AvgIpc) is 2.58. The van der Waals surface area contributed by atoms with Gasteiger partial charge in [0.15, 0.2) is 6.17 Å². The SMILES string of the molecule is C[C@@H](O)C1OC2SC=NC2C(F)C1O. The van der Waals surface area contributed by atoms with Crippen LogP contribution in [0.4, 0.5) is 4.39 Å². The quantitative estimate of drug-likeness (QED) is 0.651. The molecule has 0 aromatic heterocycles. The van der Waals surface area contributed by atoms with Crippen molar-refractivity contribution in [1.29, 1.82) is 0 Å². The van der Waals surface area contributed by atoms with Crippen LogP contribution in [0.1, 0.15) is 6.92 Å². The number of aliphatic imine (C=N–C) groups is 1. The molecular formula is C8H12FNO3S. The van der Waals surface area contributed by atoms with Gasteiger partial charge < -0.3 is 14.9 Å². The van der Waals surface area contributed by atoms with E-state index in [0.717, 1.165) is 0 Å². The Bertz CT molecular complexity index is 251. The average molecular weight is 221 g/mol. The Morgan fingerprint density at radius 3 is 3.00 bits per heavy atom. The molecule has 5 unspecified atom stereocenters. The van der Waals surface area contributed by atoms with Gasteiger partial charge in [-0.25, -0.2) is 4.39 Å². The summed E-state index contributed by atoms with van der Waals surface area (Å²) in [7, 11) is 0. The molecule has 14 heavy (non-hydrogen) atoms. The maximum atomic E-state index is 13.6. The molecule has 0 spiro atoms. The minimum absolute atomic E-state index is 0.409. The molecule has 6 atom stereocenters. The Kier molecular flexibility index (Phi) is 2.79. The summed E-state index contributed by atoms with van der Waals surface area (Å²) in [4.78, 5) is 3.88. The van der Waals surface area contributed by atoms with E-state index in [-0.39, 0.29) is 0 Å². The second-order valence-corrected chi connectivity index (χ2v) is 4.47. The van der Waals surface area contributed by atoms with Crippen LogP contribution in [0.15, 0.2) is 4.99 Å². The first kappa shape index (κ1) is 10.4. The molecule has 80 valence electrons. The number of nitrogens with zero attached hydrogens (tertiary/aromatic N) is 1. The van der Waals surface area contributed by atoms with E-state index in [1.807, 2.05) is 0 Å². The van der Waals surface area contributed by atoms with Crippen LogP contribution >= 0.6 is 11.8 Å². The van der Waals surface area contributed by atoms with E-state index in [1.54, 1.807) is 0 Å². The fraction of sp³-hybridized carbons (Fsp3) is 0.875. The number of aliphatic hydroxyl groups excluding tert-OH is 2. The second-order valence-electron chi connectivity index (χ2n) is 3.53. The smallest absolute Gasteiger partial charge is 0.154 e. The van der Waals surface area contributed by atoms with Gasteiger partial charge in [0.25, 0.3) is 0 Å². The highest BCUT2D eigenvalue weighted by molar-refractivity contribution is 8.12. The number of fused-ring (bicyclic) bond motifs is 1. The van der Waals surface area contributed by atoms with E-state index in [2.05, 4.69) is 4.99 Å². The molecule has 1 fully saturated rings. The summed E-state index contributed by atoms with van der Waals surface area (Å²) >= 11 is 1.28. The number of hydrogen-bond donors (Lipinski definition) is 2. The van der Waals surface area contributed by atoms with Crippen molar-refractivity contribution in [3.8, 4) is 0 Å². The third kappa shape index (κ3) is 1.56. The van der Waals surface area contributed by atoms with E-state index in [9.17, 15) is 14.6 Å². The summed E-state index contributed by atoms with van der Waals surface area (Å²) < 4.78 is 18.9. The van der Waals surface area contributed by atoms with Gasteiger partial charge in [0.05, 0.1) is 11.7 Å². The fourth-order valence-corrected chi connectivity index (χ4v) is 2.58. The molecule has 0 aromatic rings. The molecule has 2 aliphatic heterocycles. The first-order valence-electron chi connectivity index (χ1n) is 4.44. The number of thioether (sulfide) groups is 1. The van der Waals surface area contributed by atoms with Crippen LogP contribution in [0.25, 0.3) is 0 Å². The Morgan fingerprint density at radius 2 is 2.36 bits per heavy atom. The number of halogens is 1. The molecule has 0 aromatic carbocycles. The Hall–Kier alpha value is -0.170. The molecule has 2 aliphatic rings. The number of alkyl halides is 1. The molecule has 0 bridgehead atoms. The molecule has 1 saturated heterocycles. The Balaban J connectivity index is 2.13. The van der Waals surface area contributed by atoms with Gasteiger partial charge in [-0.05, 0) is 6.92 Å². The monoisotopic (exact) mass is 221 g/mol. The molecular weight excluding hydrogens is 209 g/mol. The van der Waals surface area contributed by atoms with Crippen molar-refractivity contribution < 1.29 is 19.3 Å². The highest BCUT2D eigenvalue weighted by Crippen LogP contribution is 2.35. The maximum Gasteiger partial charge on any atom is 0.154 e. The molecule has 0 saturated carbocycles. The van der Waals surface area contributed by atoms with Crippen molar-refractivity contribution in [2.45, 2.75) is 42.9 Å². The van der Waals surface area contributed by atoms with Crippen LogP contribution in [-0.2, 0) is 4.74 Å². The van der Waals surface area contributed by atoms with Gasteiger partial charge in [0, 0.05) is 0 Å². The van der Waals surface area contributed by atoms with Crippen molar-refractivity contribution >= 4 is 17.3 Å². The lowest BCUT2D eigenvalue weighted by Gasteiger charge is -2.38. The fourth-order valence-electron chi connectivity index (χ4n) is 1.68. The summed E-state index contributed by atoms with van der Waals surface area (Å²) in [6.45, 7) is 1.47. The molecule has 2 heterocycles. The minimum Gasteiger partial charge on any atom is -0.391 e. The molecule has 0 aliphatic carbocycles. The predicted octanol–water partition coefficient (Wildman–Crippen LogP) is -0.0652. The number of ether oxygens (including phenoxy) is 1. The summed E-state index contributed by atoms with van der Waals surface area (Å²) in [6.07, 6.45) is -4.50. The van der Waals surface area contributed by atoms with E-state index < -0.39 is 36.0 Å². The van der Waals surface area contributed by atoms with Crippen LogP contribution in [-0.4, -0.2) is 51.7 Å². The zero-order valence-electron chi connectivity index (χ0n) is 7.58. The minimum atomic E-state index is -1.46. The van der Waals surface area contributed by atoms with Gasteiger partial charge in [0.1, 0.15) is 23.7 Å². The van der Waals surface area contributed by atoms with Crippen molar-refractivity contribution in [2.24, 2.45) is 4.99 Å². The van der Waals surface area contributed by atoms with Crippen LogP contribution in [0, 0.1) is 0 Å². The van der Waals surface area contributed by atoms with Crippen LogP contribution in [0.3, 0.4) is 0 Å². The molecule has 2 rings (SSSR count). The Labute approximate surface area is 85.2 Å². The lowest BCUT2D eigenvalue weighted by Crippen LogP contribution is -2.56. The third-order valence-corrected chi connectivity index (χ3v) is 3.36. The normalized spacial score (nSPS) is 49.0. The van der Waals surface area contributed by atoms with Gasteiger partial charge >= 0.3 is 0 Å². The van der Waals surface area contributed by atoms with Gasteiger partial charge in [-0.15, -0.1) is 0 Å². The largest absolute Gasteiger partial charge is 0.391 e. The lowest BCUT2D eigenvalue weighted by atomic mass is 9.97. The van der Waals surface area contributed by atoms with E-state index in [1.165, 1.54) is 24.2 Å². The van der Waals surface area contributed by atoms with Crippen LogP contribution < -0.4 is 0 Å². The molecule has 4 nitrogen and oxygen atoms in total. The number of rotatable bonds is 1. The van der Waals surface area contributed by atoms with Gasteiger partial charge in [0.2, 0.25) is 0 Å². The molecule has 0 amide bonds. The summed E-state index contributed by atoms with van der Waals surface area (Å²) in [6, 6.07) is -0.634. The highest BCUT2D eigenvalue weighted by atomic mass is 32.2.